The second-order valence-electron chi connectivity index (χ2n) is 7.52. The van der Waals surface area contributed by atoms with Crippen molar-refractivity contribution in [2.45, 2.75) is 38.5 Å². The Hall–Kier alpha value is -2.47. The number of sulfone groups is 1. The van der Waals surface area contributed by atoms with Crippen molar-refractivity contribution in [3.05, 3.63) is 24.3 Å². The summed E-state index contributed by atoms with van der Waals surface area (Å²) in [6, 6.07) is 3.96. The molecule has 8 nitrogen and oxygen atoms in total. The summed E-state index contributed by atoms with van der Waals surface area (Å²) in [5.41, 5.74) is 2.43. The zero-order chi connectivity index (χ0) is 19.0. The van der Waals surface area contributed by atoms with Crippen molar-refractivity contribution in [2.75, 3.05) is 11.5 Å². The molecule has 27 heavy (non-hydrogen) atoms. The summed E-state index contributed by atoms with van der Waals surface area (Å²) in [4.78, 5) is 7.45. The van der Waals surface area contributed by atoms with Crippen LogP contribution in [0.2, 0.25) is 0 Å². The standard InChI is InChI=1S/C18H22N6O2S/c1-12-8-13(11-27(25,26)7-3-2-5-19)9-14(12)18-23-22-16-10-21-17-15(24(16)18)4-6-20-17/h4,6,10,12-14,20H,2-3,7-9,11H2,1H3/t12-,13+,14+/m1/s1. The molecule has 1 N–H and O–H groups in total. The van der Waals surface area contributed by atoms with Crippen LogP contribution in [0.15, 0.2) is 18.5 Å². The van der Waals surface area contributed by atoms with Crippen LogP contribution in [0.4, 0.5) is 0 Å². The number of hydrogen-bond acceptors (Lipinski definition) is 6. The molecule has 3 aromatic heterocycles. The van der Waals surface area contributed by atoms with E-state index in [1.165, 1.54) is 0 Å². The fraction of sp³-hybridized carbons (Fsp3) is 0.556. The number of H-pyrrole nitrogens is 1. The van der Waals surface area contributed by atoms with Crippen LogP contribution in [0.1, 0.15) is 44.3 Å². The van der Waals surface area contributed by atoms with E-state index < -0.39 is 9.84 Å². The van der Waals surface area contributed by atoms with Gasteiger partial charge in [-0.25, -0.2) is 13.4 Å². The van der Waals surface area contributed by atoms with Gasteiger partial charge in [-0.05, 0) is 37.2 Å². The summed E-state index contributed by atoms with van der Waals surface area (Å²) in [5.74, 6) is 1.79. The largest absolute Gasteiger partial charge is 0.345 e. The van der Waals surface area contributed by atoms with Crippen molar-refractivity contribution in [1.82, 2.24) is 24.6 Å². The van der Waals surface area contributed by atoms with Gasteiger partial charge in [0.2, 0.25) is 0 Å². The van der Waals surface area contributed by atoms with E-state index in [0.29, 0.717) is 18.0 Å². The summed E-state index contributed by atoms with van der Waals surface area (Å²) in [5, 5.41) is 17.3. The SMILES string of the molecule is C[C@@H]1C[C@H](CS(=O)(=O)CCCC#N)C[C@@H]1c1nnc2cnc3[nH]ccc3n12. The highest BCUT2D eigenvalue weighted by Crippen LogP contribution is 2.43. The number of hydrogen-bond donors (Lipinski definition) is 1. The number of nitrogens with one attached hydrogen (secondary N) is 1. The molecule has 0 aliphatic heterocycles. The van der Waals surface area contributed by atoms with Crippen molar-refractivity contribution in [1.29, 1.82) is 5.26 Å². The average molecular weight is 386 g/mol. The molecule has 0 saturated heterocycles. The predicted octanol–water partition coefficient (Wildman–Crippen LogP) is 2.45. The maximum Gasteiger partial charge on any atom is 0.179 e. The van der Waals surface area contributed by atoms with Crippen molar-refractivity contribution in [2.24, 2.45) is 11.8 Å². The summed E-state index contributed by atoms with van der Waals surface area (Å²) in [6.45, 7) is 2.16. The molecule has 4 rings (SSSR count). The molecule has 0 aromatic carbocycles. The van der Waals surface area contributed by atoms with Gasteiger partial charge in [-0.2, -0.15) is 5.26 Å². The zero-order valence-corrected chi connectivity index (χ0v) is 16.0. The lowest BCUT2D eigenvalue weighted by atomic mass is 9.97. The Morgan fingerprint density at radius 1 is 1.37 bits per heavy atom. The van der Waals surface area contributed by atoms with E-state index in [1.807, 2.05) is 22.7 Å². The Labute approximate surface area is 157 Å². The molecule has 0 radical (unpaired) electrons. The number of fused-ring (bicyclic) bond motifs is 3. The third kappa shape index (κ3) is 3.41. The van der Waals surface area contributed by atoms with Gasteiger partial charge in [-0.3, -0.25) is 4.40 Å². The first kappa shape index (κ1) is 17.9. The molecular weight excluding hydrogens is 364 g/mol. The van der Waals surface area contributed by atoms with Crippen molar-refractivity contribution >= 4 is 26.6 Å². The Balaban J connectivity index is 1.57. The minimum Gasteiger partial charge on any atom is -0.345 e. The van der Waals surface area contributed by atoms with E-state index in [1.54, 1.807) is 6.20 Å². The number of nitriles is 1. The highest BCUT2D eigenvalue weighted by molar-refractivity contribution is 7.91. The molecule has 1 saturated carbocycles. The number of aromatic amines is 1. The van der Waals surface area contributed by atoms with Crippen LogP contribution in [-0.2, 0) is 9.84 Å². The van der Waals surface area contributed by atoms with E-state index >= 15 is 0 Å². The van der Waals surface area contributed by atoms with Crippen LogP contribution in [0.3, 0.4) is 0 Å². The first-order chi connectivity index (χ1) is 13.0. The molecule has 3 atom stereocenters. The highest BCUT2D eigenvalue weighted by atomic mass is 32.2. The lowest BCUT2D eigenvalue weighted by Gasteiger charge is -2.13. The van der Waals surface area contributed by atoms with Crippen LogP contribution in [0.25, 0.3) is 16.8 Å². The third-order valence-electron chi connectivity index (χ3n) is 5.51. The van der Waals surface area contributed by atoms with E-state index in [9.17, 15) is 8.42 Å². The molecule has 1 aliphatic rings. The van der Waals surface area contributed by atoms with Crippen molar-refractivity contribution in [3.8, 4) is 6.07 Å². The van der Waals surface area contributed by atoms with Crippen molar-refractivity contribution in [3.63, 3.8) is 0 Å². The third-order valence-corrected chi connectivity index (χ3v) is 7.40. The summed E-state index contributed by atoms with van der Waals surface area (Å²) in [6.07, 6.45) is 5.89. The van der Waals surface area contributed by atoms with Crippen molar-refractivity contribution < 1.29 is 8.42 Å². The van der Waals surface area contributed by atoms with Crippen LogP contribution < -0.4 is 0 Å². The molecule has 142 valence electrons. The lowest BCUT2D eigenvalue weighted by Crippen LogP contribution is -2.17. The second-order valence-corrected chi connectivity index (χ2v) is 9.75. The first-order valence-electron chi connectivity index (χ1n) is 9.23. The lowest BCUT2D eigenvalue weighted by molar-refractivity contribution is 0.504. The van der Waals surface area contributed by atoms with Gasteiger partial charge < -0.3 is 4.98 Å². The molecule has 3 aromatic rings. The minimum absolute atomic E-state index is 0.0968. The zero-order valence-electron chi connectivity index (χ0n) is 15.2. The van der Waals surface area contributed by atoms with Gasteiger partial charge in [-0.1, -0.05) is 6.92 Å². The molecule has 0 unspecified atom stereocenters. The van der Waals surface area contributed by atoms with E-state index in [-0.39, 0.29) is 29.8 Å². The molecule has 0 amide bonds. The van der Waals surface area contributed by atoms with Gasteiger partial charge in [0.15, 0.2) is 21.1 Å². The number of rotatable bonds is 6. The normalized spacial score (nSPS) is 23.2. The van der Waals surface area contributed by atoms with Gasteiger partial charge in [0.05, 0.1) is 29.3 Å². The second kappa shape index (κ2) is 6.93. The number of nitrogens with zero attached hydrogens (tertiary/aromatic N) is 5. The maximum absolute atomic E-state index is 12.4. The fourth-order valence-corrected chi connectivity index (χ4v) is 6.07. The molecule has 3 heterocycles. The minimum atomic E-state index is -3.13. The van der Waals surface area contributed by atoms with Gasteiger partial charge >= 0.3 is 0 Å². The topological polar surface area (TPSA) is 117 Å². The molecule has 0 bridgehead atoms. The molecule has 0 spiro atoms. The van der Waals surface area contributed by atoms with Crippen LogP contribution in [0, 0.1) is 23.2 Å². The Morgan fingerprint density at radius 2 is 2.22 bits per heavy atom. The van der Waals surface area contributed by atoms with E-state index in [4.69, 9.17) is 5.26 Å². The summed E-state index contributed by atoms with van der Waals surface area (Å²) >= 11 is 0. The predicted molar refractivity (Wildman–Crippen MR) is 101 cm³/mol. The van der Waals surface area contributed by atoms with Crippen LogP contribution >= 0.6 is 0 Å². The van der Waals surface area contributed by atoms with E-state index in [0.717, 1.165) is 29.8 Å². The van der Waals surface area contributed by atoms with Gasteiger partial charge in [0.25, 0.3) is 0 Å². The van der Waals surface area contributed by atoms with Crippen LogP contribution in [0.5, 0.6) is 0 Å². The monoisotopic (exact) mass is 386 g/mol. The van der Waals surface area contributed by atoms with Crippen LogP contribution in [-0.4, -0.2) is 44.5 Å². The van der Waals surface area contributed by atoms with Gasteiger partial charge in [0, 0.05) is 18.5 Å². The highest BCUT2D eigenvalue weighted by Gasteiger charge is 2.37. The summed E-state index contributed by atoms with van der Waals surface area (Å²) in [7, 11) is -3.13. The smallest absolute Gasteiger partial charge is 0.179 e. The number of aromatic nitrogens is 5. The molecule has 1 aliphatic carbocycles. The number of unbranched alkanes of at least 4 members (excludes halogenated alkanes) is 1. The fourth-order valence-electron chi connectivity index (χ4n) is 4.33. The Kier molecular flexibility index (Phi) is 4.60. The molecule has 1 fully saturated rings. The van der Waals surface area contributed by atoms with Gasteiger partial charge in [0.1, 0.15) is 5.82 Å². The molecule has 9 heteroatoms. The summed E-state index contributed by atoms with van der Waals surface area (Å²) < 4.78 is 26.7. The molecular formula is C18H22N6O2S. The Bertz CT molecular complexity index is 1110. The maximum atomic E-state index is 12.4. The first-order valence-corrected chi connectivity index (χ1v) is 11.0. The van der Waals surface area contributed by atoms with E-state index in [2.05, 4.69) is 27.1 Å². The Morgan fingerprint density at radius 3 is 3.04 bits per heavy atom. The van der Waals surface area contributed by atoms with Gasteiger partial charge in [-0.15, -0.1) is 10.2 Å². The average Bonchev–Trinajstić information content (AvgIpc) is 3.31. The quantitative estimate of drug-likeness (QED) is 0.650.